The number of aryl methyl sites for hydroxylation is 1. The van der Waals surface area contributed by atoms with Crippen LogP contribution in [0.5, 0.6) is 0 Å². The van der Waals surface area contributed by atoms with E-state index < -0.39 is 15.9 Å². The fourth-order valence-corrected chi connectivity index (χ4v) is 3.61. The number of hydrogen-bond donors (Lipinski definition) is 2. The summed E-state index contributed by atoms with van der Waals surface area (Å²) in [6, 6.07) is 1.29. The molecular weight excluding hydrogens is 332 g/mol. The number of carbonyl (C=O) groups excluding carboxylic acids is 1. The second-order valence-electron chi connectivity index (χ2n) is 6.02. The van der Waals surface area contributed by atoms with Crippen LogP contribution >= 0.6 is 0 Å². The van der Waals surface area contributed by atoms with Gasteiger partial charge in [0.15, 0.2) is 5.76 Å². The summed E-state index contributed by atoms with van der Waals surface area (Å²) in [6.45, 7) is 7.05. The third kappa shape index (κ3) is 4.56. The van der Waals surface area contributed by atoms with Crippen molar-refractivity contribution < 1.29 is 17.6 Å². The van der Waals surface area contributed by atoms with E-state index in [0.717, 1.165) is 43.4 Å². The van der Waals surface area contributed by atoms with Crippen molar-refractivity contribution in [1.82, 2.24) is 19.8 Å². The van der Waals surface area contributed by atoms with Crippen LogP contribution in [0.3, 0.4) is 0 Å². The molecule has 2 heterocycles. The second-order valence-corrected chi connectivity index (χ2v) is 8.14. The van der Waals surface area contributed by atoms with Gasteiger partial charge in [-0.25, -0.2) is 12.7 Å². The summed E-state index contributed by atoms with van der Waals surface area (Å²) in [5.41, 5.74) is 0. The van der Waals surface area contributed by atoms with E-state index in [1.54, 1.807) is 0 Å². The molecule has 9 heteroatoms. The van der Waals surface area contributed by atoms with Gasteiger partial charge in [-0.05, 0) is 19.9 Å². The Kier molecular flexibility index (Phi) is 6.39. The number of furan rings is 1. The number of nitrogens with one attached hydrogen (secondary N) is 2. The Hall–Kier alpha value is -1.42. The molecule has 1 amide bonds. The Bertz CT molecular complexity index is 663. The molecule has 0 aromatic carbocycles. The normalized spacial score (nSPS) is 16.5. The van der Waals surface area contributed by atoms with Gasteiger partial charge >= 0.3 is 0 Å². The van der Waals surface area contributed by atoms with Crippen LogP contribution in [0.15, 0.2) is 15.4 Å². The van der Waals surface area contributed by atoms with E-state index >= 15 is 0 Å². The number of sulfonamides is 1. The summed E-state index contributed by atoms with van der Waals surface area (Å²) < 4.78 is 30.7. The van der Waals surface area contributed by atoms with E-state index in [4.69, 9.17) is 4.42 Å². The molecule has 0 aliphatic carbocycles. The molecule has 24 heavy (non-hydrogen) atoms. The van der Waals surface area contributed by atoms with Crippen LogP contribution in [0.4, 0.5) is 0 Å². The van der Waals surface area contributed by atoms with Crippen LogP contribution in [0.2, 0.25) is 0 Å². The molecule has 1 saturated heterocycles. The highest BCUT2D eigenvalue weighted by molar-refractivity contribution is 7.89. The number of carbonyl (C=O) groups is 1. The third-order valence-electron chi connectivity index (χ3n) is 4.00. The van der Waals surface area contributed by atoms with Crippen molar-refractivity contribution >= 4 is 15.9 Å². The first kappa shape index (κ1) is 18.9. The number of hydrogen-bond acceptors (Lipinski definition) is 6. The maximum atomic E-state index is 12.1. The highest BCUT2D eigenvalue weighted by Gasteiger charge is 2.25. The summed E-state index contributed by atoms with van der Waals surface area (Å²) in [6.07, 6.45) is 0.842. The lowest BCUT2D eigenvalue weighted by molar-refractivity contribution is 0.0922. The standard InChI is InChI=1S/C15H26N4O4S/c1-12-14(24(21,22)18(2)3)11-13(23-12)15(20)17-5-4-8-19-9-6-16-7-10-19/h11,16H,4-10H2,1-3H3,(H,17,20). The van der Waals surface area contributed by atoms with Crippen molar-refractivity contribution in [2.75, 3.05) is 53.4 Å². The zero-order valence-corrected chi connectivity index (χ0v) is 15.3. The van der Waals surface area contributed by atoms with Gasteiger partial charge in [0.1, 0.15) is 10.7 Å². The smallest absolute Gasteiger partial charge is 0.287 e. The lowest BCUT2D eigenvalue weighted by Gasteiger charge is -2.26. The largest absolute Gasteiger partial charge is 0.455 e. The molecule has 8 nitrogen and oxygen atoms in total. The van der Waals surface area contributed by atoms with Gasteiger partial charge in [-0.1, -0.05) is 0 Å². The van der Waals surface area contributed by atoms with Crippen LogP contribution in [0.1, 0.15) is 22.7 Å². The van der Waals surface area contributed by atoms with Crippen molar-refractivity contribution in [2.45, 2.75) is 18.2 Å². The van der Waals surface area contributed by atoms with Gasteiger partial charge in [0.25, 0.3) is 5.91 Å². The first-order chi connectivity index (χ1) is 11.3. The van der Waals surface area contributed by atoms with E-state index in [0.29, 0.717) is 6.54 Å². The molecule has 0 bridgehead atoms. The molecule has 0 unspecified atom stereocenters. The van der Waals surface area contributed by atoms with Gasteiger partial charge in [-0.2, -0.15) is 0 Å². The Morgan fingerprint density at radius 3 is 2.67 bits per heavy atom. The predicted octanol–water partition coefficient (Wildman–Crippen LogP) is -0.137. The minimum atomic E-state index is -3.61. The summed E-state index contributed by atoms with van der Waals surface area (Å²) in [5, 5.41) is 6.07. The monoisotopic (exact) mass is 358 g/mol. The molecule has 1 aromatic heterocycles. The van der Waals surface area contributed by atoms with E-state index in [1.807, 2.05) is 0 Å². The van der Waals surface area contributed by atoms with Gasteiger partial charge < -0.3 is 20.0 Å². The highest BCUT2D eigenvalue weighted by atomic mass is 32.2. The Labute approximate surface area is 143 Å². The SMILES string of the molecule is Cc1oc(C(=O)NCCCN2CCNCC2)cc1S(=O)(=O)N(C)C. The average Bonchev–Trinajstić information content (AvgIpc) is 2.95. The second kappa shape index (κ2) is 8.11. The summed E-state index contributed by atoms with van der Waals surface area (Å²) in [4.78, 5) is 14.5. The van der Waals surface area contributed by atoms with E-state index in [1.165, 1.54) is 27.1 Å². The zero-order chi connectivity index (χ0) is 17.7. The Morgan fingerprint density at radius 1 is 1.38 bits per heavy atom. The van der Waals surface area contributed by atoms with Crippen molar-refractivity contribution in [3.05, 3.63) is 17.6 Å². The van der Waals surface area contributed by atoms with Crippen molar-refractivity contribution in [2.24, 2.45) is 0 Å². The molecule has 1 aliphatic heterocycles. The van der Waals surface area contributed by atoms with E-state index in [2.05, 4.69) is 15.5 Å². The average molecular weight is 358 g/mol. The van der Waals surface area contributed by atoms with Crippen LogP contribution < -0.4 is 10.6 Å². The molecule has 0 radical (unpaired) electrons. The summed E-state index contributed by atoms with van der Waals surface area (Å²) in [5.74, 6) is -0.150. The van der Waals surface area contributed by atoms with Gasteiger partial charge in [-0.15, -0.1) is 0 Å². The molecule has 0 atom stereocenters. The van der Waals surface area contributed by atoms with E-state index in [9.17, 15) is 13.2 Å². The van der Waals surface area contributed by atoms with Gasteiger partial charge in [0.05, 0.1) is 0 Å². The molecule has 1 aromatic rings. The predicted molar refractivity (Wildman–Crippen MR) is 90.6 cm³/mol. The minimum Gasteiger partial charge on any atom is -0.455 e. The maximum Gasteiger partial charge on any atom is 0.287 e. The molecule has 2 rings (SSSR count). The fourth-order valence-electron chi connectivity index (χ4n) is 2.56. The number of piperazine rings is 1. The quantitative estimate of drug-likeness (QED) is 0.659. The van der Waals surface area contributed by atoms with Crippen molar-refractivity contribution in [3.63, 3.8) is 0 Å². The van der Waals surface area contributed by atoms with Crippen LogP contribution in [0.25, 0.3) is 0 Å². The Morgan fingerprint density at radius 2 is 2.04 bits per heavy atom. The zero-order valence-electron chi connectivity index (χ0n) is 14.5. The fraction of sp³-hybridized carbons (Fsp3) is 0.667. The third-order valence-corrected chi connectivity index (χ3v) is 5.92. The van der Waals surface area contributed by atoms with Crippen LogP contribution in [0, 0.1) is 6.92 Å². The number of nitrogens with zero attached hydrogens (tertiary/aromatic N) is 2. The lowest BCUT2D eigenvalue weighted by Crippen LogP contribution is -2.44. The molecule has 0 spiro atoms. The molecule has 136 valence electrons. The van der Waals surface area contributed by atoms with Crippen LogP contribution in [-0.4, -0.2) is 76.9 Å². The molecule has 0 saturated carbocycles. The topological polar surface area (TPSA) is 94.9 Å². The van der Waals surface area contributed by atoms with Gasteiger partial charge in [0, 0.05) is 52.9 Å². The van der Waals surface area contributed by atoms with Crippen molar-refractivity contribution in [1.29, 1.82) is 0 Å². The maximum absolute atomic E-state index is 12.1. The molecule has 2 N–H and O–H groups in total. The first-order valence-corrected chi connectivity index (χ1v) is 9.50. The number of amides is 1. The Balaban J connectivity index is 1.86. The van der Waals surface area contributed by atoms with Gasteiger partial charge in [-0.3, -0.25) is 4.79 Å². The molecule has 1 aliphatic rings. The summed E-state index contributed by atoms with van der Waals surface area (Å²) >= 11 is 0. The summed E-state index contributed by atoms with van der Waals surface area (Å²) in [7, 11) is -0.729. The first-order valence-electron chi connectivity index (χ1n) is 8.06. The van der Waals surface area contributed by atoms with E-state index in [-0.39, 0.29) is 16.4 Å². The van der Waals surface area contributed by atoms with Crippen molar-refractivity contribution in [3.8, 4) is 0 Å². The lowest BCUT2D eigenvalue weighted by atomic mass is 10.3. The minimum absolute atomic E-state index is 0.0232. The van der Waals surface area contributed by atoms with Crippen LogP contribution in [-0.2, 0) is 10.0 Å². The molecular formula is C15H26N4O4S. The highest BCUT2D eigenvalue weighted by Crippen LogP contribution is 2.22. The van der Waals surface area contributed by atoms with Gasteiger partial charge in [0.2, 0.25) is 10.0 Å². The molecule has 1 fully saturated rings. The number of rotatable bonds is 7.